The Hall–Kier alpha value is -1.89. The van der Waals surface area contributed by atoms with Crippen LogP contribution in [0.1, 0.15) is 18.5 Å². The van der Waals surface area contributed by atoms with E-state index in [0.717, 1.165) is 18.5 Å². The van der Waals surface area contributed by atoms with E-state index in [0.29, 0.717) is 5.69 Å². The van der Waals surface area contributed by atoms with Crippen molar-refractivity contribution in [3.8, 4) is 0 Å². The number of aliphatic carboxylic acids is 1. The number of hydrogen-bond acceptors (Lipinski definition) is 4. The molecule has 4 atom stereocenters. The summed E-state index contributed by atoms with van der Waals surface area (Å²) < 4.78 is 5.56. The number of nitrogens with one attached hydrogen (secondary N) is 2. The van der Waals surface area contributed by atoms with E-state index in [4.69, 9.17) is 4.74 Å². The summed E-state index contributed by atoms with van der Waals surface area (Å²) in [4.78, 5) is 23.6. The summed E-state index contributed by atoms with van der Waals surface area (Å²) in [6.45, 7) is 1.79. The van der Waals surface area contributed by atoms with Crippen molar-refractivity contribution in [3.05, 3.63) is 11.9 Å². The van der Waals surface area contributed by atoms with E-state index < -0.39 is 17.8 Å². The number of aromatic nitrogens is 2. The van der Waals surface area contributed by atoms with Crippen molar-refractivity contribution in [3.63, 3.8) is 0 Å². The lowest BCUT2D eigenvalue weighted by molar-refractivity contribution is -0.147. The van der Waals surface area contributed by atoms with Gasteiger partial charge in [-0.25, -0.2) is 0 Å². The van der Waals surface area contributed by atoms with Gasteiger partial charge >= 0.3 is 5.97 Å². The van der Waals surface area contributed by atoms with E-state index >= 15 is 0 Å². The molecule has 3 heterocycles. The maximum absolute atomic E-state index is 12.3. The topological polar surface area (TPSA) is 104 Å². The first-order chi connectivity index (χ1) is 9.08. The van der Waals surface area contributed by atoms with Gasteiger partial charge in [0.2, 0.25) is 5.91 Å². The van der Waals surface area contributed by atoms with Gasteiger partial charge in [-0.2, -0.15) is 5.10 Å². The third kappa shape index (κ3) is 1.90. The van der Waals surface area contributed by atoms with Gasteiger partial charge in [-0.05, 0) is 19.8 Å². The van der Waals surface area contributed by atoms with Gasteiger partial charge in [0.1, 0.15) is 0 Å². The lowest BCUT2D eigenvalue weighted by atomic mass is 9.78. The first-order valence-electron chi connectivity index (χ1n) is 6.27. The standard InChI is InChI=1S/C12H15N3O4/c1-5-6(4-13-15-5)14-11(16)9-7-2-3-8(19-7)10(9)12(17)18/h4,7-10H,2-3H2,1H3,(H,13,15)(H,14,16)(H,17,18)/t7-,8-,9-,10-/m1/s1. The van der Waals surface area contributed by atoms with E-state index in [1.54, 1.807) is 6.92 Å². The predicted molar refractivity (Wildman–Crippen MR) is 64.5 cm³/mol. The fourth-order valence-electron chi connectivity index (χ4n) is 3.02. The molecule has 2 aliphatic rings. The molecular weight excluding hydrogens is 250 g/mol. The zero-order valence-corrected chi connectivity index (χ0v) is 10.4. The lowest BCUT2D eigenvalue weighted by Gasteiger charge is -2.23. The van der Waals surface area contributed by atoms with E-state index in [1.165, 1.54) is 6.20 Å². The maximum atomic E-state index is 12.3. The Kier molecular flexibility index (Phi) is 2.78. The van der Waals surface area contributed by atoms with Crippen LogP contribution >= 0.6 is 0 Å². The molecule has 1 aromatic heterocycles. The second kappa shape index (κ2) is 4.34. The Labute approximate surface area is 109 Å². The molecule has 2 saturated heterocycles. The lowest BCUT2D eigenvalue weighted by Crippen LogP contribution is -2.41. The highest BCUT2D eigenvalue weighted by Crippen LogP contribution is 2.44. The molecule has 0 spiro atoms. The second-order valence-corrected chi connectivity index (χ2v) is 5.08. The summed E-state index contributed by atoms with van der Waals surface area (Å²) in [5, 5.41) is 18.5. The fourth-order valence-corrected chi connectivity index (χ4v) is 3.02. The van der Waals surface area contributed by atoms with Gasteiger partial charge in [-0.1, -0.05) is 0 Å². The molecule has 0 aromatic carbocycles. The largest absolute Gasteiger partial charge is 0.481 e. The molecule has 7 heteroatoms. The minimum atomic E-state index is -0.962. The van der Waals surface area contributed by atoms with Crippen LogP contribution in [0.5, 0.6) is 0 Å². The average molecular weight is 265 g/mol. The smallest absolute Gasteiger partial charge is 0.310 e. The average Bonchev–Trinajstić information content (AvgIpc) is 3.04. The zero-order valence-electron chi connectivity index (χ0n) is 10.4. The first kappa shape index (κ1) is 12.2. The first-order valence-corrected chi connectivity index (χ1v) is 6.27. The van der Waals surface area contributed by atoms with Crippen LogP contribution in [-0.2, 0) is 14.3 Å². The van der Waals surface area contributed by atoms with Crippen molar-refractivity contribution in [2.75, 3.05) is 5.32 Å². The van der Waals surface area contributed by atoms with Gasteiger partial charge in [0.25, 0.3) is 0 Å². The van der Waals surface area contributed by atoms with Crippen molar-refractivity contribution in [1.29, 1.82) is 0 Å². The number of carboxylic acids is 1. The van der Waals surface area contributed by atoms with Crippen LogP contribution in [0, 0.1) is 18.8 Å². The molecule has 1 amide bonds. The van der Waals surface area contributed by atoms with E-state index in [-0.39, 0.29) is 18.1 Å². The molecule has 7 nitrogen and oxygen atoms in total. The van der Waals surface area contributed by atoms with Gasteiger partial charge in [0.05, 0.1) is 41.6 Å². The third-order valence-electron chi connectivity index (χ3n) is 3.95. The molecular formula is C12H15N3O4. The Morgan fingerprint density at radius 3 is 2.68 bits per heavy atom. The second-order valence-electron chi connectivity index (χ2n) is 5.08. The van der Waals surface area contributed by atoms with Crippen molar-refractivity contribution < 1.29 is 19.4 Å². The number of hydrogen-bond donors (Lipinski definition) is 3. The van der Waals surface area contributed by atoms with Crippen LogP contribution in [0.4, 0.5) is 5.69 Å². The van der Waals surface area contributed by atoms with Gasteiger partial charge in [-0.3, -0.25) is 14.7 Å². The van der Waals surface area contributed by atoms with Crippen LogP contribution in [0.25, 0.3) is 0 Å². The highest BCUT2D eigenvalue weighted by atomic mass is 16.5. The van der Waals surface area contributed by atoms with Crippen LogP contribution in [0.2, 0.25) is 0 Å². The summed E-state index contributed by atoms with van der Waals surface area (Å²) in [6, 6.07) is 0. The number of anilines is 1. The fraction of sp³-hybridized carbons (Fsp3) is 0.583. The van der Waals surface area contributed by atoms with Crippen LogP contribution in [0.15, 0.2) is 6.20 Å². The van der Waals surface area contributed by atoms with Crippen LogP contribution in [0.3, 0.4) is 0 Å². The number of amides is 1. The van der Waals surface area contributed by atoms with Crippen LogP contribution in [-0.4, -0.2) is 39.4 Å². The third-order valence-corrected chi connectivity index (χ3v) is 3.95. The van der Waals surface area contributed by atoms with E-state index in [2.05, 4.69) is 15.5 Å². The Balaban J connectivity index is 1.79. The van der Waals surface area contributed by atoms with Crippen molar-refractivity contribution >= 4 is 17.6 Å². The molecule has 102 valence electrons. The van der Waals surface area contributed by atoms with Crippen LogP contribution < -0.4 is 5.32 Å². The molecule has 0 saturated carbocycles. The molecule has 1 aromatic rings. The number of carbonyl (C=O) groups excluding carboxylic acids is 1. The summed E-state index contributed by atoms with van der Waals surface area (Å²) in [5.74, 6) is -2.63. The Morgan fingerprint density at radius 1 is 1.42 bits per heavy atom. The molecule has 0 radical (unpaired) electrons. The number of rotatable bonds is 3. The predicted octanol–water partition coefficient (Wildman–Crippen LogP) is 0.535. The number of fused-ring (bicyclic) bond motifs is 2. The number of aromatic amines is 1. The zero-order chi connectivity index (χ0) is 13.6. The highest BCUT2D eigenvalue weighted by molar-refractivity contribution is 5.96. The molecule has 19 heavy (non-hydrogen) atoms. The number of H-pyrrole nitrogens is 1. The van der Waals surface area contributed by atoms with Gasteiger partial charge in [-0.15, -0.1) is 0 Å². The monoisotopic (exact) mass is 265 g/mol. The number of nitrogens with zero attached hydrogens (tertiary/aromatic N) is 1. The molecule has 2 fully saturated rings. The summed E-state index contributed by atoms with van der Waals surface area (Å²) >= 11 is 0. The SMILES string of the molecule is Cc1[nH]ncc1NC(=O)[C@H]1[C@H](C(=O)O)[C@H]2CC[C@H]1O2. The van der Waals surface area contributed by atoms with Crippen molar-refractivity contribution in [1.82, 2.24) is 10.2 Å². The van der Waals surface area contributed by atoms with Crippen molar-refractivity contribution in [2.24, 2.45) is 11.8 Å². The maximum Gasteiger partial charge on any atom is 0.310 e. The van der Waals surface area contributed by atoms with Gasteiger partial charge < -0.3 is 15.2 Å². The number of carboxylic acid groups (broad SMARTS) is 1. The van der Waals surface area contributed by atoms with Crippen molar-refractivity contribution in [2.45, 2.75) is 32.0 Å². The molecule has 3 N–H and O–H groups in total. The van der Waals surface area contributed by atoms with Gasteiger partial charge in [0.15, 0.2) is 0 Å². The van der Waals surface area contributed by atoms with E-state index in [9.17, 15) is 14.7 Å². The molecule has 0 unspecified atom stereocenters. The highest BCUT2D eigenvalue weighted by Gasteiger charge is 2.55. The summed E-state index contributed by atoms with van der Waals surface area (Å²) in [7, 11) is 0. The molecule has 0 aliphatic carbocycles. The normalized spacial score (nSPS) is 32.5. The quantitative estimate of drug-likeness (QED) is 0.739. The molecule has 3 rings (SSSR count). The number of ether oxygens (including phenoxy) is 1. The van der Waals surface area contributed by atoms with Gasteiger partial charge in [0, 0.05) is 0 Å². The minimum absolute atomic E-state index is 0.279. The minimum Gasteiger partial charge on any atom is -0.481 e. The number of carbonyl (C=O) groups is 2. The van der Waals surface area contributed by atoms with E-state index in [1.807, 2.05) is 0 Å². The Bertz CT molecular complexity index is 527. The molecule has 2 aliphatic heterocycles. The number of aryl methyl sites for hydroxylation is 1. The molecule has 2 bridgehead atoms. The Morgan fingerprint density at radius 2 is 2.11 bits per heavy atom. The summed E-state index contributed by atoms with van der Waals surface area (Å²) in [6.07, 6.45) is 2.37. The summed E-state index contributed by atoms with van der Waals surface area (Å²) in [5.41, 5.74) is 1.32.